The van der Waals surface area contributed by atoms with Crippen molar-refractivity contribution in [3.05, 3.63) is 18.3 Å². The lowest BCUT2D eigenvalue weighted by atomic mass is 10.3. The Morgan fingerprint density at radius 1 is 1.41 bits per heavy atom. The Kier molecular flexibility index (Phi) is 5.42. The predicted molar refractivity (Wildman–Crippen MR) is 70.4 cm³/mol. The molecule has 0 saturated carbocycles. The lowest BCUT2D eigenvalue weighted by molar-refractivity contribution is -0.116. The van der Waals surface area contributed by atoms with Gasteiger partial charge in [0.1, 0.15) is 5.82 Å². The SMILES string of the molecule is CNCCCC(=O)Nc1ccc(N(C)C)cn1. The molecular weight excluding hydrogens is 216 g/mol. The largest absolute Gasteiger partial charge is 0.376 e. The third-order valence-corrected chi connectivity index (χ3v) is 2.36. The maximum Gasteiger partial charge on any atom is 0.225 e. The van der Waals surface area contributed by atoms with Crippen molar-refractivity contribution in [3.63, 3.8) is 0 Å². The Labute approximate surface area is 102 Å². The zero-order valence-electron chi connectivity index (χ0n) is 10.7. The summed E-state index contributed by atoms with van der Waals surface area (Å²) in [6, 6.07) is 3.74. The molecule has 0 aliphatic carbocycles. The Bertz CT molecular complexity index is 348. The van der Waals surface area contributed by atoms with Gasteiger partial charge in [-0.2, -0.15) is 0 Å². The standard InChI is InChI=1S/C12H20N4O/c1-13-8-4-5-12(17)15-11-7-6-10(9-14-11)16(2)3/h6-7,9,13H,4-5,8H2,1-3H3,(H,14,15,17). The number of nitrogens with zero attached hydrogens (tertiary/aromatic N) is 2. The van der Waals surface area contributed by atoms with E-state index in [1.807, 2.05) is 38.2 Å². The van der Waals surface area contributed by atoms with Gasteiger partial charge in [-0.25, -0.2) is 4.98 Å². The number of carbonyl (C=O) groups excluding carboxylic acids is 1. The number of carbonyl (C=O) groups is 1. The highest BCUT2D eigenvalue weighted by Gasteiger charge is 2.03. The van der Waals surface area contributed by atoms with Gasteiger partial charge in [0.2, 0.25) is 5.91 Å². The summed E-state index contributed by atoms with van der Waals surface area (Å²) >= 11 is 0. The van der Waals surface area contributed by atoms with Gasteiger partial charge in [0.15, 0.2) is 0 Å². The fourth-order valence-electron chi connectivity index (χ4n) is 1.36. The lowest BCUT2D eigenvalue weighted by Crippen LogP contribution is -2.16. The van der Waals surface area contributed by atoms with Gasteiger partial charge in [-0.05, 0) is 32.1 Å². The first kappa shape index (κ1) is 13.4. The molecule has 0 unspecified atom stereocenters. The van der Waals surface area contributed by atoms with Gasteiger partial charge in [0.05, 0.1) is 11.9 Å². The molecule has 0 bridgehead atoms. The summed E-state index contributed by atoms with van der Waals surface area (Å²) in [6.45, 7) is 0.848. The summed E-state index contributed by atoms with van der Waals surface area (Å²) in [5, 5.41) is 5.78. The fourth-order valence-corrected chi connectivity index (χ4v) is 1.36. The minimum absolute atomic E-state index is 0.00496. The van der Waals surface area contributed by atoms with Gasteiger partial charge < -0.3 is 15.5 Å². The fraction of sp³-hybridized carbons (Fsp3) is 0.500. The van der Waals surface area contributed by atoms with Gasteiger partial charge in [-0.15, -0.1) is 0 Å². The second-order valence-electron chi connectivity index (χ2n) is 4.05. The van der Waals surface area contributed by atoms with Crippen LogP contribution in [0, 0.1) is 0 Å². The molecule has 0 spiro atoms. The van der Waals surface area contributed by atoms with Crippen molar-refractivity contribution < 1.29 is 4.79 Å². The van der Waals surface area contributed by atoms with Gasteiger partial charge in [-0.1, -0.05) is 0 Å². The van der Waals surface area contributed by atoms with Crippen LogP contribution in [0.4, 0.5) is 11.5 Å². The van der Waals surface area contributed by atoms with E-state index in [1.54, 1.807) is 6.20 Å². The second-order valence-corrected chi connectivity index (χ2v) is 4.05. The van der Waals surface area contributed by atoms with Crippen LogP contribution in [0.3, 0.4) is 0 Å². The van der Waals surface area contributed by atoms with Crippen LogP contribution in [0.25, 0.3) is 0 Å². The molecule has 5 heteroatoms. The third-order valence-electron chi connectivity index (χ3n) is 2.36. The molecule has 1 amide bonds. The number of nitrogens with one attached hydrogen (secondary N) is 2. The first-order chi connectivity index (χ1) is 8.13. The molecule has 0 aliphatic rings. The summed E-state index contributed by atoms with van der Waals surface area (Å²) in [7, 11) is 5.78. The topological polar surface area (TPSA) is 57.3 Å². The number of aromatic nitrogens is 1. The highest BCUT2D eigenvalue weighted by Crippen LogP contribution is 2.12. The van der Waals surface area contributed by atoms with Crippen LogP contribution in [0.5, 0.6) is 0 Å². The van der Waals surface area contributed by atoms with Crippen molar-refractivity contribution in [2.24, 2.45) is 0 Å². The maximum absolute atomic E-state index is 11.5. The van der Waals surface area contributed by atoms with Crippen LogP contribution >= 0.6 is 0 Å². The highest BCUT2D eigenvalue weighted by molar-refractivity contribution is 5.89. The van der Waals surface area contributed by atoms with E-state index in [1.165, 1.54) is 0 Å². The molecule has 5 nitrogen and oxygen atoms in total. The minimum Gasteiger partial charge on any atom is -0.376 e. The summed E-state index contributed by atoms with van der Waals surface area (Å²) in [4.78, 5) is 17.7. The molecule has 1 heterocycles. The van der Waals surface area contributed by atoms with Crippen molar-refractivity contribution in [2.75, 3.05) is 37.9 Å². The Morgan fingerprint density at radius 2 is 2.18 bits per heavy atom. The van der Waals surface area contributed by atoms with E-state index in [4.69, 9.17) is 0 Å². The summed E-state index contributed by atoms with van der Waals surface area (Å²) in [5.74, 6) is 0.607. The molecule has 1 rings (SSSR count). The molecule has 0 aliphatic heterocycles. The van der Waals surface area contributed by atoms with Crippen molar-refractivity contribution in [1.29, 1.82) is 0 Å². The van der Waals surface area contributed by atoms with E-state index >= 15 is 0 Å². The van der Waals surface area contributed by atoms with Crippen molar-refractivity contribution in [1.82, 2.24) is 10.3 Å². The zero-order valence-corrected chi connectivity index (χ0v) is 10.7. The second kappa shape index (κ2) is 6.85. The third kappa shape index (κ3) is 4.82. The van der Waals surface area contributed by atoms with Crippen LogP contribution < -0.4 is 15.5 Å². The smallest absolute Gasteiger partial charge is 0.225 e. The van der Waals surface area contributed by atoms with Crippen molar-refractivity contribution >= 4 is 17.4 Å². The summed E-state index contributed by atoms with van der Waals surface area (Å²) in [5.41, 5.74) is 1.01. The summed E-state index contributed by atoms with van der Waals surface area (Å²) < 4.78 is 0. The maximum atomic E-state index is 11.5. The molecule has 0 radical (unpaired) electrons. The van der Waals surface area contributed by atoms with Gasteiger partial charge in [0, 0.05) is 20.5 Å². The lowest BCUT2D eigenvalue weighted by Gasteiger charge is -2.12. The molecule has 17 heavy (non-hydrogen) atoms. The normalized spacial score (nSPS) is 10.1. The van der Waals surface area contributed by atoms with E-state index in [0.717, 1.165) is 18.7 Å². The first-order valence-corrected chi connectivity index (χ1v) is 5.71. The van der Waals surface area contributed by atoms with Crippen molar-refractivity contribution in [2.45, 2.75) is 12.8 Å². The van der Waals surface area contributed by atoms with E-state index in [2.05, 4.69) is 15.6 Å². The van der Waals surface area contributed by atoms with Gasteiger partial charge in [0.25, 0.3) is 0 Å². The van der Waals surface area contributed by atoms with Crippen LogP contribution in [0.15, 0.2) is 18.3 Å². The van der Waals surface area contributed by atoms with Gasteiger partial charge >= 0.3 is 0 Å². The average molecular weight is 236 g/mol. The highest BCUT2D eigenvalue weighted by atomic mass is 16.1. The molecule has 0 atom stereocenters. The number of hydrogen-bond donors (Lipinski definition) is 2. The Balaban J connectivity index is 2.43. The van der Waals surface area contributed by atoms with E-state index in [-0.39, 0.29) is 5.91 Å². The first-order valence-electron chi connectivity index (χ1n) is 5.71. The molecule has 0 aromatic carbocycles. The average Bonchev–Trinajstić information content (AvgIpc) is 2.30. The number of rotatable bonds is 6. The molecular formula is C12H20N4O. The van der Waals surface area contributed by atoms with Crippen molar-refractivity contribution in [3.8, 4) is 0 Å². The Hall–Kier alpha value is -1.62. The molecule has 0 saturated heterocycles. The monoisotopic (exact) mass is 236 g/mol. The number of pyridine rings is 1. The van der Waals surface area contributed by atoms with E-state index in [9.17, 15) is 4.79 Å². The van der Waals surface area contributed by atoms with Crippen LogP contribution in [0.2, 0.25) is 0 Å². The Morgan fingerprint density at radius 3 is 2.71 bits per heavy atom. The molecule has 1 aromatic rings. The van der Waals surface area contributed by atoms with Gasteiger partial charge in [-0.3, -0.25) is 4.79 Å². The molecule has 94 valence electrons. The van der Waals surface area contributed by atoms with Crippen LogP contribution in [0.1, 0.15) is 12.8 Å². The molecule has 2 N–H and O–H groups in total. The van der Waals surface area contributed by atoms with E-state index < -0.39 is 0 Å². The zero-order chi connectivity index (χ0) is 12.7. The quantitative estimate of drug-likeness (QED) is 0.726. The van der Waals surface area contributed by atoms with Crippen LogP contribution in [-0.2, 0) is 4.79 Å². The predicted octanol–water partition coefficient (Wildman–Crippen LogP) is 1.09. The number of hydrogen-bond acceptors (Lipinski definition) is 4. The van der Waals surface area contributed by atoms with Crippen LogP contribution in [-0.4, -0.2) is 38.6 Å². The molecule has 0 fully saturated rings. The number of anilines is 2. The van der Waals surface area contributed by atoms with E-state index in [0.29, 0.717) is 12.2 Å². The minimum atomic E-state index is 0.00496. The molecule has 1 aromatic heterocycles. The number of amides is 1. The summed E-state index contributed by atoms with van der Waals surface area (Å²) in [6.07, 6.45) is 3.08.